The molecule has 1 heterocycles. The smallest absolute Gasteiger partial charge is 0.173 e. The minimum absolute atomic E-state index is 0.163. The Morgan fingerprint density at radius 1 is 1.39 bits per heavy atom. The topological polar surface area (TPSA) is 15.3 Å². The number of benzene rings is 1. The lowest BCUT2D eigenvalue weighted by molar-refractivity contribution is 0.600. The fraction of sp³-hybridized carbons (Fsp3) is 0.500. The molecule has 0 bridgehead atoms. The van der Waals surface area contributed by atoms with E-state index in [1.165, 1.54) is 18.9 Å². The Balaban J connectivity index is 1.90. The Morgan fingerprint density at radius 2 is 2.17 bits per heavy atom. The van der Waals surface area contributed by atoms with Crippen molar-refractivity contribution < 1.29 is 4.39 Å². The van der Waals surface area contributed by atoms with Crippen LogP contribution >= 0.6 is 12.2 Å². The van der Waals surface area contributed by atoms with Gasteiger partial charge in [-0.05, 0) is 68.6 Å². The molecule has 0 spiro atoms. The van der Waals surface area contributed by atoms with Gasteiger partial charge in [-0.2, -0.15) is 0 Å². The molecular weight excluding hydrogens is 247 g/mol. The lowest BCUT2D eigenvalue weighted by atomic mass is 9.97. The Kier molecular flexibility index (Phi) is 2.98. The summed E-state index contributed by atoms with van der Waals surface area (Å²) in [5.74, 6) is -0.163. The summed E-state index contributed by atoms with van der Waals surface area (Å²) >= 11 is 5.50. The van der Waals surface area contributed by atoms with E-state index >= 15 is 0 Å². The lowest BCUT2D eigenvalue weighted by Crippen LogP contribution is -2.48. The van der Waals surface area contributed by atoms with Gasteiger partial charge < -0.3 is 10.2 Å². The van der Waals surface area contributed by atoms with Crippen LogP contribution in [0, 0.1) is 5.82 Å². The number of hydrogen-bond donors (Lipinski definition) is 1. The number of rotatable bonds is 1. The molecule has 1 aliphatic carbocycles. The first kappa shape index (κ1) is 11.9. The van der Waals surface area contributed by atoms with Crippen molar-refractivity contribution in [3.8, 4) is 0 Å². The van der Waals surface area contributed by atoms with Gasteiger partial charge in [0, 0.05) is 17.8 Å². The monoisotopic (exact) mass is 264 g/mol. The van der Waals surface area contributed by atoms with Crippen molar-refractivity contribution in [3.05, 3.63) is 29.6 Å². The largest absolute Gasteiger partial charge is 0.360 e. The molecule has 1 saturated carbocycles. The summed E-state index contributed by atoms with van der Waals surface area (Å²) in [6.07, 6.45) is 4.36. The zero-order valence-corrected chi connectivity index (χ0v) is 11.3. The molecule has 1 unspecified atom stereocenters. The van der Waals surface area contributed by atoms with Crippen LogP contribution in [0.5, 0.6) is 0 Å². The van der Waals surface area contributed by atoms with Gasteiger partial charge in [0.15, 0.2) is 5.11 Å². The molecule has 2 aliphatic rings. The average molecular weight is 264 g/mol. The van der Waals surface area contributed by atoms with Gasteiger partial charge in [0.1, 0.15) is 5.82 Å². The Labute approximate surface area is 112 Å². The molecule has 1 aromatic carbocycles. The number of thiocarbonyl (C=S) groups is 1. The van der Waals surface area contributed by atoms with Gasteiger partial charge in [-0.25, -0.2) is 4.39 Å². The molecular formula is C14H17FN2S. The molecule has 0 radical (unpaired) electrons. The standard InChI is InChI=1S/C14H17FN2S/c1-9-2-3-10-8-11(15)4-7-13(10)17(9)14(18)16-12-5-6-12/h4,7-9,12H,2-3,5-6H2,1H3,(H,16,18). The van der Waals surface area contributed by atoms with Crippen molar-refractivity contribution in [2.75, 3.05) is 4.90 Å². The summed E-state index contributed by atoms with van der Waals surface area (Å²) in [7, 11) is 0. The number of nitrogens with one attached hydrogen (secondary N) is 1. The van der Waals surface area contributed by atoms with E-state index in [2.05, 4.69) is 17.1 Å². The van der Waals surface area contributed by atoms with Crippen LogP contribution in [0.4, 0.5) is 10.1 Å². The second-order valence-corrected chi connectivity index (χ2v) is 5.64. The SMILES string of the molecule is CC1CCc2cc(F)ccc2N1C(=S)NC1CC1. The first-order valence-electron chi connectivity index (χ1n) is 6.53. The van der Waals surface area contributed by atoms with Gasteiger partial charge in [-0.3, -0.25) is 0 Å². The molecule has 0 saturated heterocycles. The summed E-state index contributed by atoms with van der Waals surface area (Å²) in [6, 6.07) is 5.93. The first-order valence-corrected chi connectivity index (χ1v) is 6.94. The van der Waals surface area contributed by atoms with Gasteiger partial charge >= 0.3 is 0 Å². The van der Waals surface area contributed by atoms with Gasteiger partial charge in [0.25, 0.3) is 0 Å². The summed E-state index contributed by atoms with van der Waals surface area (Å²) in [4.78, 5) is 2.14. The van der Waals surface area contributed by atoms with E-state index in [-0.39, 0.29) is 5.82 Å². The molecule has 1 aliphatic heterocycles. The van der Waals surface area contributed by atoms with E-state index in [1.807, 2.05) is 6.07 Å². The predicted molar refractivity (Wildman–Crippen MR) is 75.4 cm³/mol. The molecule has 1 aromatic rings. The zero-order valence-electron chi connectivity index (χ0n) is 10.4. The normalized spacial score (nSPS) is 22.6. The maximum atomic E-state index is 13.3. The van der Waals surface area contributed by atoms with E-state index < -0.39 is 0 Å². The number of nitrogens with zero attached hydrogens (tertiary/aromatic N) is 1. The van der Waals surface area contributed by atoms with Crippen molar-refractivity contribution in [1.82, 2.24) is 5.32 Å². The van der Waals surface area contributed by atoms with E-state index in [1.54, 1.807) is 6.07 Å². The van der Waals surface area contributed by atoms with Crippen LogP contribution < -0.4 is 10.2 Å². The summed E-state index contributed by atoms with van der Waals surface area (Å²) in [5.41, 5.74) is 2.13. The van der Waals surface area contributed by atoms with E-state index in [0.717, 1.165) is 29.2 Å². The molecule has 1 atom stereocenters. The molecule has 1 fully saturated rings. The predicted octanol–water partition coefficient (Wildman–Crippen LogP) is 3.00. The van der Waals surface area contributed by atoms with Crippen LogP contribution in [-0.2, 0) is 6.42 Å². The lowest BCUT2D eigenvalue weighted by Gasteiger charge is -2.37. The minimum Gasteiger partial charge on any atom is -0.360 e. The van der Waals surface area contributed by atoms with Gasteiger partial charge in [0.05, 0.1) is 0 Å². The van der Waals surface area contributed by atoms with E-state index in [4.69, 9.17) is 12.2 Å². The highest BCUT2D eigenvalue weighted by molar-refractivity contribution is 7.80. The van der Waals surface area contributed by atoms with Crippen LogP contribution in [0.25, 0.3) is 0 Å². The molecule has 0 amide bonds. The van der Waals surface area contributed by atoms with Crippen molar-refractivity contribution in [2.24, 2.45) is 0 Å². The van der Waals surface area contributed by atoms with Crippen LogP contribution in [0.2, 0.25) is 0 Å². The number of hydrogen-bond acceptors (Lipinski definition) is 1. The second kappa shape index (κ2) is 4.50. The molecule has 0 aromatic heterocycles. The van der Waals surface area contributed by atoms with Crippen molar-refractivity contribution in [2.45, 2.75) is 44.7 Å². The minimum atomic E-state index is -0.163. The molecule has 18 heavy (non-hydrogen) atoms. The van der Waals surface area contributed by atoms with Gasteiger partial charge in [-0.1, -0.05) is 0 Å². The third kappa shape index (κ3) is 2.21. The highest BCUT2D eigenvalue weighted by Gasteiger charge is 2.29. The quantitative estimate of drug-likeness (QED) is 0.785. The average Bonchev–Trinajstić information content (AvgIpc) is 3.13. The Bertz CT molecular complexity index is 485. The second-order valence-electron chi connectivity index (χ2n) is 5.25. The van der Waals surface area contributed by atoms with E-state index in [0.29, 0.717) is 12.1 Å². The van der Waals surface area contributed by atoms with Crippen molar-refractivity contribution in [3.63, 3.8) is 0 Å². The number of anilines is 1. The first-order chi connectivity index (χ1) is 8.65. The number of halogens is 1. The third-order valence-electron chi connectivity index (χ3n) is 3.70. The van der Waals surface area contributed by atoms with Crippen molar-refractivity contribution >= 4 is 23.0 Å². The van der Waals surface area contributed by atoms with E-state index in [9.17, 15) is 4.39 Å². The zero-order chi connectivity index (χ0) is 12.7. The number of aryl methyl sites for hydroxylation is 1. The fourth-order valence-corrected chi connectivity index (χ4v) is 2.95. The van der Waals surface area contributed by atoms with Crippen LogP contribution in [-0.4, -0.2) is 17.2 Å². The summed E-state index contributed by atoms with van der Waals surface area (Å²) < 4.78 is 13.3. The van der Waals surface area contributed by atoms with Gasteiger partial charge in [-0.15, -0.1) is 0 Å². The molecule has 3 rings (SSSR count). The van der Waals surface area contributed by atoms with Crippen molar-refractivity contribution in [1.29, 1.82) is 0 Å². The maximum Gasteiger partial charge on any atom is 0.173 e. The maximum absolute atomic E-state index is 13.3. The highest BCUT2D eigenvalue weighted by atomic mass is 32.1. The molecule has 96 valence electrons. The Hall–Kier alpha value is -1.16. The molecule has 4 heteroatoms. The third-order valence-corrected chi connectivity index (χ3v) is 4.01. The molecule has 1 N–H and O–H groups in total. The van der Waals surface area contributed by atoms with Crippen LogP contribution in [0.15, 0.2) is 18.2 Å². The number of fused-ring (bicyclic) bond motifs is 1. The fourth-order valence-electron chi connectivity index (χ4n) is 2.50. The molecule has 2 nitrogen and oxygen atoms in total. The van der Waals surface area contributed by atoms with Gasteiger partial charge in [0.2, 0.25) is 0 Å². The van der Waals surface area contributed by atoms with Crippen LogP contribution in [0.1, 0.15) is 31.7 Å². The summed E-state index contributed by atoms with van der Waals surface area (Å²) in [5, 5.41) is 4.16. The highest BCUT2D eigenvalue weighted by Crippen LogP contribution is 2.32. The Morgan fingerprint density at radius 3 is 2.89 bits per heavy atom. The summed E-state index contributed by atoms with van der Waals surface area (Å²) in [6.45, 7) is 2.17. The van der Waals surface area contributed by atoms with Crippen LogP contribution in [0.3, 0.4) is 0 Å².